The average molecular weight is 184 g/mol. The highest BCUT2D eigenvalue weighted by molar-refractivity contribution is 6.32. The van der Waals surface area contributed by atoms with Gasteiger partial charge in [-0.3, -0.25) is 4.79 Å². The van der Waals surface area contributed by atoms with Crippen LogP contribution in [0.1, 0.15) is 12.8 Å². The lowest BCUT2D eigenvalue weighted by atomic mass is 10.2. The molecule has 0 spiro atoms. The van der Waals surface area contributed by atoms with Gasteiger partial charge in [-0.05, 0) is 16.8 Å². The molecule has 0 bridgehead atoms. The molecule has 1 heterocycles. The van der Waals surface area contributed by atoms with E-state index in [9.17, 15) is 9.59 Å². The number of carbonyl (C=O) groups is 2. The van der Waals surface area contributed by atoms with Crippen molar-refractivity contribution in [3.8, 4) is 0 Å². The summed E-state index contributed by atoms with van der Waals surface area (Å²) in [5.41, 5.74) is 0. The number of hydrogen-bond donors (Lipinski definition) is 1. The fourth-order valence-electron chi connectivity index (χ4n) is 0.791. The summed E-state index contributed by atoms with van der Waals surface area (Å²) in [7, 11) is 0. The molecular formula is C6H8N4O3. The van der Waals surface area contributed by atoms with Crippen molar-refractivity contribution in [2.75, 3.05) is 0 Å². The Morgan fingerprint density at radius 1 is 1.46 bits per heavy atom. The summed E-state index contributed by atoms with van der Waals surface area (Å²) >= 11 is 0. The highest BCUT2D eigenvalue weighted by Crippen LogP contribution is 1.93. The maximum atomic E-state index is 10.6. The zero-order valence-corrected chi connectivity index (χ0v) is 6.75. The number of Topliss-reactive ketones (excluding diaryl/α,β-unsaturated/α-hetero) is 1. The Balaban J connectivity index is 2.22. The van der Waals surface area contributed by atoms with E-state index in [2.05, 4.69) is 15.5 Å². The van der Waals surface area contributed by atoms with Crippen LogP contribution in [0.3, 0.4) is 0 Å². The first kappa shape index (κ1) is 9.30. The molecular weight excluding hydrogens is 176 g/mol. The molecule has 70 valence electrons. The minimum Gasteiger partial charge on any atom is -0.476 e. The number of tetrazole rings is 1. The second kappa shape index (κ2) is 4.29. The number of aryl methyl sites for hydroxylation is 1. The van der Waals surface area contributed by atoms with Crippen LogP contribution in [0.15, 0.2) is 6.33 Å². The third-order valence-electron chi connectivity index (χ3n) is 1.42. The van der Waals surface area contributed by atoms with Crippen LogP contribution in [-0.2, 0) is 16.1 Å². The van der Waals surface area contributed by atoms with Gasteiger partial charge in [0.1, 0.15) is 6.33 Å². The Labute approximate surface area is 73.4 Å². The lowest BCUT2D eigenvalue weighted by molar-refractivity contribution is -0.149. The maximum absolute atomic E-state index is 10.6. The summed E-state index contributed by atoms with van der Waals surface area (Å²) in [6.07, 6.45) is 1.84. The number of carboxylic acid groups (broad SMARTS) is 1. The van der Waals surface area contributed by atoms with E-state index < -0.39 is 11.8 Å². The topological polar surface area (TPSA) is 98.0 Å². The molecule has 1 rings (SSSR count). The van der Waals surface area contributed by atoms with E-state index in [4.69, 9.17) is 5.11 Å². The Morgan fingerprint density at radius 3 is 2.77 bits per heavy atom. The normalized spacial score (nSPS) is 9.85. The Bertz CT molecular complexity index is 295. The molecule has 1 aromatic rings. The predicted molar refractivity (Wildman–Crippen MR) is 39.7 cm³/mol. The van der Waals surface area contributed by atoms with Gasteiger partial charge in [-0.1, -0.05) is 0 Å². The summed E-state index contributed by atoms with van der Waals surface area (Å²) in [6, 6.07) is 0. The van der Waals surface area contributed by atoms with E-state index in [-0.39, 0.29) is 6.42 Å². The summed E-state index contributed by atoms with van der Waals surface area (Å²) in [4.78, 5) is 20.7. The van der Waals surface area contributed by atoms with Crippen LogP contribution in [0, 0.1) is 0 Å². The van der Waals surface area contributed by atoms with E-state index in [1.165, 1.54) is 11.0 Å². The maximum Gasteiger partial charge on any atom is 0.372 e. The summed E-state index contributed by atoms with van der Waals surface area (Å²) in [5, 5.41) is 18.6. The van der Waals surface area contributed by atoms with Gasteiger partial charge in [0.15, 0.2) is 0 Å². The van der Waals surface area contributed by atoms with Crippen LogP contribution >= 0.6 is 0 Å². The van der Waals surface area contributed by atoms with Crippen molar-refractivity contribution >= 4 is 11.8 Å². The number of carboxylic acids is 1. The van der Waals surface area contributed by atoms with Crippen molar-refractivity contribution in [1.82, 2.24) is 20.2 Å². The zero-order chi connectivity index (χ0) is 9.68. The Kier molecular flexibility index (Phi) is 3.07. The van der Waals surface area contributed by atoms with Crippen LogP contribution in [0.5, 0.6) is 0 Å². The standard InChI is InChI=1S/C6H8N4O3/c11-5(6(12)13)2-1-3-10-4-7-8-9-10/h4H,1-3H2,(H,12,13). The highest BCUT2D eigenvalue weighted by atomic mass is 16.4. The molecule has 0 aliphatic carbocycles. The van der Waals surface area contributed by atoms with Crippen LogP contribution in [0.4, 0.5) is 0 Å². The minimum atomic E-state index is -1.39. The van der Waals surface area contributed by atoms with Crippen molar-refractivity contribution in [2.45, 2.75) is 19.4 Å². The van der Waals surface area contributed by atoms with E-state index in [0.29, 0.717) is 13.0 Å². The average Bonchev–Trinajstić information content (AvgIpc) is 2.56. The number of aromatic nitrogens is 4. The number of hydrogen-bond acceptors (Lipinski definition) is 5. The lowest BCUT2D eigenvalue weighted by Gasteiger charge is -1.96. The SMILES string of the molecule is O=C(O)C(=O)CCCn1cnnn1. The van der Waals surface area contributed by atoms with Crippen LogP contribution in [0.2, 0.25) is 0 Å². The van der Waals surface area contributed by atoms with E-state index in [1.54, 1.807) is 0 Å². The van der Waals surface area contributed by atoms with Gasteiger partial charge in [0, 0.05) is 13.0 Å². The van der Waals surface area contributed by atoms with Gasteiger partial charge < -0.3 is 5.11 Å². The van der Waals surface area contributed by atoms with Crippen molar-refractivity contribution < 1.29 is 14.7 Å². The Morgan fingerprint density at radius 2 is 2.23 bits per heavy atom. The van der Waals surface area contributed by atoms with Gasteiger partial charge >= 0.3 is 5.97 Å². The number of ketones is 1. The molecule has 7 heteroatoms. The summed E-state index contributed by atoms with van der Waals surface area (Å²) < 4.78 is 1.44. The molecule has 0 unspecified atom stereocenters. The first-order valence-electron chi connectivity index (χ1n) is 3.67. The minimum absolute atomic E-state index is 0.00912. The van der Waals surface area contributed by atoms with Gasteiger partial charge in [-0.25, -0.2) is 9.48 Å². The Hall–Kier alpha value is -1.79. The number of nitrogens with zero attached hydrogens (tertiary/aromatic N) is 4. The largest absolute Gasteiger partial charge is 0.476 e. The second-order valence-electron chi connectivity index (χ2n) is 2.40. The first-order chi connectivity index (χ1) is 6.20. The molecule has 7 nitrogen and oxygen atoms in total. The van der Waals surface area contributed by atoms with Crippen molar-refractivity contribution in [1.29, 1.82) is 0 Å². The van der Waals surface area contributed by atoms with Gasteiger partial charge in [-0.2, -0.15) is 0 Å². The van der Waals surface area contributed by atoms with E-state index in [0.717, 1.165) is 0 Å². The summed E-state index contributed by atoms with van der Waals surface area (Å²) in [5.74, 6) is -2.18. The molecule has 13 heavy (non-hydrogen) atoms. The van der Waals surface area contributed by atoms with Crippen molar-refractivity contribution in [2.24, 2.45) is 0 Å². The van der Waals surface area contributed by atoms with Crippen LogP contribution in [0.25, 0.3) is 0 Å². The number of aliphatic carboxylic acids is 1. The molecule has 0 radical (unpaired) electrons. The third-order valence-corrected chi connectivity index (χ3v) is 1.42. The second-order valence-corrected chi connectivity index (χ2v) is 2.40. The van der Waals surface area contributed by atoms with Crippen LogP contribution < -0.4 is 0 Å². The number of rotatable bonds is 5. The molecule has 0 amide bonds. The van der Waals surface area contributed by atoms with E-state index >= 15 is 0 Å². The molecule has 0 fully saturated rings. The zero-order valence-electron chi connectivity index (χ0n) is 6.75. The molecule has 0 saturated heterocycles. The van der Waals surface area contributed by atoms with Crippen molar-refractivity contribution in [3.05, 3.63) is 6.33 Å². The van der Waals surface area contributed by atoms with Crippen LogP contribution in [-0.4, -0.2) is 37.1 Å². The fourth-order valence-corrected chi connectivity index (χ4v) is 0.791. The first-order valence-corrected chi connectivity index (χ1v) is 3.67. The molecule has 1 aromatic heterocycles. The molecule has 0 aliphatic rings. The fraction of sp³-hybridized carbons (Fsp3) is 0.500. The van der Waals surface area contributed by atoms with Gasteiger partial charge in [0.25, 0.3) is 0 Å². The molecule has 0 atom stereocenters. The van der Waals surface area contributed by atoms with Crippen molar-refractivity contribution in [3.63, 3.8) is 0 Å². The van der Waals surface area contributed by atoms with E-state index in [1.807, 2.05) is 0 Å². The lowest BCUT2D eigenvalue weighted by Crippen LogP contribution is -2.13. The quantitative estimate of drug-likeness (QED) is 0.596. The van der Waals surface area contributed by atoms with Gasteiger partial charge in [0.2, 0.25) is 5.78 Å². The monoisotopic (exact) mass is 184 g/mol. The molecule has 0 aromatic carbocycles. The van der Waals surface area contributed by atoms with Gasteiger partial charge in [0.05, 0.1) is 0 Å². The molecule has 0 saturated carbocycles. The smallest absolute Gasteiger partial charge is 0.372 e. The number of carbonyl (C=O) groups excluding carboxylic acids is 1. The molecule has 1 N–H and O–H groups in total. The highest BCUT2D eigenvalue weighted by Gasteiger charge is 2.10. The predicted octanol–water partition coefficient (Wildman–Crippen LogP) is -0.893. The third kappa shape index (κ3) is 2.97. The van der Waals surface area contributed by atoms with Gasteiger partial charge in [-0.15, -0.1) is 5.10 Å². The summed E-state index contributed by atoms with van der Waals surface area (Å²) in [6.45, 7) is 0.450. The molecule has 0 aliphatic heterocycles.